The van der Waals surface area contributed by atoms with Crippen molar-refractivity contribution >= 4 is 5.97 Å². The van der Waals surface area contributed by atoms with E-state index in [4.69, 9.17) is 5.11 Å². The van der Waals surface area contributed by atoms with Crippen LogP contribution in [0.25, 0.3) is 0 Å². The predicted octanol–water partition coefficient (Wildman–Crippen LogP) is -0.441. The second-order valence-electron chi connectivity index (χ2n) is 2.59. The van der Waals surface area contributed by atoms with Crippen molar-refractivity contribution in [2.45, 2.75) is 24.7 Å². The van der Waals surface area contributed by atoms with E-state index in [2.05, 4.69) is 11.3 Å². The van der Waals surface area contributed by atoms with Crippen molar-refractivity contribution < 1.29 is 19.7 Å². The number of esters is 1. The molecule has 62 valence electrons. The van der Waals surface area contributed by atoms with Gasteiger partial charge in [0.1, 0.15) is 0 Å². The quantitative estimate of drug-likeness (QED) is 0.401. The molecular formula is C7H10O4. The van der Waals surface area contributed by atoms with Crippen LogP contribution in [0.1, 0.15) is 12.8 Å². The van der Waals surface area contributed by atoms with Crippen LogP contribution in [0.5, 0.6) is 0 Å². The van der Waals surface area contributed by atoms with Gasteiger partial charge < -0.3 is 14.9 Å². The average Bonchev–Trinajstić information content (AvgIpc) is 1.84. The van der Waals surface area contributed by atoms with Crippen molar-refractivity contribution in [1.29, 1.82) is 0 Å². The molecule has 2 N–H and O–H groups in total. The summed E-state index contributed by atoms with van der Waals surface area (Å²) < 4.78 is 4.53. The molecule has 0 amide bonds. The number of rotatable bonds is 1. The highest BCUT2D eigenvalue weighted by Gasteiger charge is 2.36. The van der Waals surface area contributed by atoms with Crippen molar-refractivity contribution in [1.82, 2.24) is 0 Å². The Kier molecular flexibility index (Phi) is 1.97. The summed E-state index contributed by atoms with van der Waals surface area (Å²) in [6, 6.07) is 0. The zero-order chi connectivity index (χ0) is 8.48. The number of aliphatic hydroxyl groups excluding tert-OH is 1. The summed E-state index contributed by atoms with van der Waals surface area (Å²) in [7, 11) is 0. The Balaban J connectivity index is 2.70. The number of carbonyl (C=O) groups is 1. The van der Waals surface area contributed by atoms with Crippen LogP contribution in [0.15, 0.2) is 12.7 Å². The molecule has 1 aliphatic heterocycles. The molecule has 0 unspecified atom stereocenters. The van der Waals surface area contributed by atoms with Crippen LogP contribution >= 0.6 is 0 Å². The highest BCUT2D eigenvalue weighted by Crippen LogP contribution is 2.23. The molecule has 1 rings (SSSR count). The molecule has 1 aliphatic rings. The van der Waals surface area contributed by atoms with Gasteiger partial charge in [-0.05, 0) is 6.08 Å². The van der Waals surface area contributed by atoms with Crippen molar-refractivity contribution in [3.05, 3.63) is 12.7 Å². The number of carbonyl (C=O) groups excluding carboxylic acids is 1. The molecule has 0 aromatic rings. The highest BCUT2D eigenvalue weighted by molar-refractivity contribution is 5.71. The van der Waals surface area contributed by atoms with Gasteiger partial charge in [-0.1, -0.05) is 6.58 Å². The summed E-state index contributed by atoms with van der Waals surface area (Å²) in [5.41, 5.74) is 0. The third kappa shape index (κ3) is 1.78. The maximum Gasteiger partial charge on any atom is 0.311 e. The minimum atomic E-state index is -1.67. The molecule has 0 spiro atoms. The maximum atomic E-state index is 10.7. The van der Waals surface area contributed by atoms with Gasteiger partial charge in [-0.3, -0.25) is 4.79 Å². The SMILES string of the molecule is C=C[C@]1(O)C[C@@H](O)CC(=O)O1. The van der Waals surface area contributed by atoms with Crippen LogP contribution in [0, 0.1) is 0 Å². The Morgan fingerprint density at radius 2 is 2.45 bits per heavy atom. The summed E-state index contributed by atoms with van der Waals surface area (Å²) in [4.78, 5) is 10.7. The van der Waals surface area contributed by atoms with E-state index in [1.54, 1.807) is 0 Å². The fourth-order valence-electron chi connectivity index (χ4n) is 1.01. The molecule has 4 nitrogen and oxygen atoms in total. The van der Waals surface area contributed by atoms with E-state index < -0.39 is 17.9 Å². The standard InChI is InChI=1S/C7H10O4/c1-2-7(10)4-5(8)3-6(9)11-7/h2,5,8,10H,1,3-4H2/t5-,7+/m0/s1. The first-order valence-corrected chi connectivity index (χ1v) is 3.31. The molecule has 11 heavy (non-hydrogen) atoms. The van der Waals surface area contributed by atoms with E-state index in [1.807, 2.05) is 0 Å². The van der Waals surface area contributed by atoms with Crippen LogP contribution in [0.2, 0.25) is 0 Å². The van der Waals surface area contributed by atoms with Gasteiger partial charge in [0.15, 0.2) is 0 Å². The van der Waals surface area contributed by atoms with Gasteiger partial charge in [-0.2, -0.15) is 0 Å². The Labute approximate surface area is 64.1 Å². The first-order chi connectivity index (χ1) is 5.06. The lowest BCUT2D eigenvalue weighted by molar-refractivity contribution is -0.214. The van der Waals surface area contributed by atoms with Gasteiger partial charge in [-0.15, -0.1) is 0 Å². The fourth-order valence-corrected chi connectivity index (χ4v) is 1.01. The van der Waals surface area contributed by atoms with Crippen molar-refractivity contribution in [3.8, 4) is 0 Å². The molecule has 1 heterocycles. The van der Waals surface area contributed by atoms with Gasteiger partial charge in [0.2, 0.25) is 5.79 Å². The Morgan fingerprint density at radius 1 is 1.82 bits per heavy atom. The van der Waals surface area contributed by atoms with E-state index in [1.165, 1.54) is 0 Å². The van der Waals surface area contributed by atoms with E-state index >= 15 is 0 Å². The van der Waals surface area contributed by atoms with E-state index in [9.17, 15) is 9.90 Å². The highest BCUT2D eigenvalue weighted by atomic mass is 16.7. The third-order valence-electron chi connectivity index (χ3n) is 1.54. The third-order valence-corrected chi connectivity index (χ3v) is 1.54. The van der Waals surface area contributed by atoms with Gasteiger partial charge in [0.25, 0.3) is 0 Å². The maximum absolute atomic E-state index is 10.7. The van der Waals surface area contributed by atoms with Crippen LogP contribution < -0.4 is 0 Å². The molecule has 0 aromatic heterocycles. The van der Waals surface area contributed by atoms with Gasteiger partial charge in [0.05, 0.1) is 12.5 Å². The Hall–Kier alpha value is -0.870. The van der Waals surface area contributed by atoms with Crippen LogP contribution in [0.4, 0.5) is 0 Å². The summed E-state index contributed by atoms with van der Waals surface area (Å²) in [5, 5.41) is 18.3. The first kappa shape index (κ1) is 8.23. The van der Waals surface area contributed by atoms with Gasteiger partial charge >= 0.3 is 5.97 Å². The Bertz CT molecular complexity index is 189. The molecule has 4 heteroatoms. The zero-order valence-electron chi connectivity index (χ0n) is 5.99. The number of hydrogen-bond donors (Lipinski definition) is 2. The topological polar surface area (TPSA) is 66.8 Å². The summed E-state index contributed by atoms with van der Waals surface area (Å²) in [6.45, 7) is 3.29. The molecule has 0 aromatic carbocycles. The molecule has 2 atom stereocenters. The number of aliphatic hydroxyl groups is 2. The minimum Gasteiger partial charge on any atom is -0.429 e. The lowest BCUT2D eigenvalue weighted by Crippen LogP contribution is -2.42. The fraction of sp³-hybridized carbons (Fsp3) is 0.571. The van der Waals surface area contributed by atoms with E-state index in [0.717, 1.165) is 6.08 Å². The molecule has 0 bridgehead atoms. The second-order valence-corrected chi connectivity index (χ2v) is 2.59. The summed E-state index contributed by atoms with van der Waals surface area (Å²) in [6.07, 6.45) is 0.213. The molecule has 0 radical (unpaired) electrons. The lowest BCUT2D eigenvalue weighted by atomic mass is 10.0. The van der Waals surface area contributed by atoms with Crippen LogP contribution in [-0.2, 0) is 9.53 Å². The number of ether oxygens (including phenoxy) is 1. The second kappa shape index (κ2) is 2.64. The molecule has 1 fully saturated rings. The zero-order valence-corrected chi connectivity index (χ0v) is 5.99. The monoisotopic (exact) mass is 158 g/mol. The Morgan fingerprint density at radius 3 is 2.91 bits per heavy atom. The largest absolute Gasteiger partial charge is 0.429 e. The normalized spacial score (nSPS) is 38.0. The van der Waals surface area contributed by atoms with E-state index in [0.29, 0.717) is 0 Å². The molecular weight excluding hydrogens is 148 g/mol. The van der Waals surface area contributed by atoms with Crippen molar-refractivity contribution in [3.63, 3.8) is 0 Å². The van der Waals surface area contributed by atoms with Crippen molar-refractivity contribution in [2.75, 3.05) is 0 Å². The smallest absolute Gasteiger partial charge is 0.311 e. The number of cyclic esters (lactones) is 1. The number of hydrogen-bond acceptors (Lipinski definition) is 4. The van der Waals surface area contributed by atoms with Crippen LogP contribution in [0.3, 0.4) is 0 Å². The molecule has 0 aliphatic carbocycles. The lowest BCUT2D eigenvalue weighted by Gasteiger charge is -2.30. The summed E-state index contributed by atoms with van der Waals surface area (Å²) >= 11 is 0. The van der Waals surface area contributed by atoms with Gasteiger partial charge in [0, 0.05) is 6.42 Å². The molecule has 0 saturated carbocycles. The predicted molar refractivity (Wildman–Crippen MR) is 36.5 cm³/mol. The average molecular weight is 158 g/mol. The van der Waals surface area contributed by atoms with Gasteiger partial charge in [-0.25, -0.2) is 0 Å². The van der Waals surface area contributed by atoms with Crippen molar-refractivity contribution in [2.24, 2.45) is 0 Å². The van der Waals surface area contributed by atoms with E-state index in [-0.39, 0.29) is 12.8 Å². The minimum absolute atomic E-state index is 0.00222. The summed E-state index contributed by atoms with van der Waals surface area (Å²) in [5.74, 6) is -2.28. The molecule has 1 saturated heterocycles. The van der Waals surface area contributed by atoms with Crippen LogP contribution in [-0.4, -0.2) is 28.1 Å². The first-order valence-electron chi connectivity index (χ1n) is 3.31.